The van der Waals surface area contributed by atoms with Gasteiger partial charge < -0.3 is 10.2 Å². The topological polar surface area (TPSA) is 86.8 Å². The molecule has 0 aromatic heterocycles. The first-order valence-corrected chi connectivity index (χ1v) is 14.4. The molecule has 1 unspecified atom stereocenters. The van der Waals surface area contributed by atoms with Crippen LogP contribution in [0.1, 0.15) is 58.6 Å². The predicted octanol–water partition coefficient (Wildman–Crippen LogP) is 4.78. The standard InChI is InChI=1S/C27H38ClN3O4S/c1-7-21-12-16-24(17-13-21)31(36(6,34)35)18-8-9-25(32)30(19-22-10-14-23(28)15-11-22)20(2)26(33)29-27(3,4)5/h10-17,20H,7-9,18-19H2,1-6H3,(H,29,33). The normalized spacial score (nSPS) is 12.6. The number of hydrogen-bond donors (Lipinski definition) is 1. The highest BCUT2D eigenvalue weighted by Gasteiger charge is 2.28. The van der Waals surface area contributed by atoms with Crippen LogP contribution in [0.25, 0.3) is 0 Å². The molecule has 2 aromatic rings. The molecule has 7 nitrogen and oxygen atoms in total. The van der Waals surface area contributed by atoms with Crippen molar-refractivity contribution in [2.75, 3.05) is 17.1 Å². The van der Waals surface area contributed by atoms with Crippen molar-refractivity contribution in [3.8, 4) is 0 Å². The summed E-state index contributed by atoms with van der Waals surface area (Å²) in [6.45, 7) is 9.79. The van der Waals surface area contributed by atoms with Gasteiger partial charge in [0.1, 0.15) is 6.04 Å². The third kappa shape index (κ3) is 9.13. The summed E-state index contributed by atoms with van der Waals surface area (Å²) in [5, 5.41) is 3.52. The van der Waals surface area contributed by atoms with Crippen LogP contribution in [0.5, 0.6) is 0 Å². The average Bonchev–Trinajstić information content (AvgIpc) is 2.79. The Balaban J connectivity index is 2.17. The molecule has 1 atom stereocenters. The fraction of sp³-hybridized carbons (Fsp3) is 0.481. The van der Waals surface area contributed by atoms with E-state index in [4.69, 9.17) is 11.6 Å². The van der Waals surface area contributed by atoms with E-state index in [0.717, 1.165) is 23.8 Å². The summed E-state index contributed by atoms with van der Waals surface area (Å²) in [5.41, 5.74) is 2.08. The summed E-state index contributed by atoms with van der Waals surface area (Å²) in [4.78, 5) is 27.7. The number of nitrogens with zero attached hydrogens (tertiary/aromatic N) is 2. The van der Waals surface area contributed by atoms with Crippen LogP contribution >= 0.6 is 11.6 Å². The van der Waals surface area contributed by atoms with E-state index in [2.05, 4.69) is 5.32 Å². The molecule has 9 heteroatoms. The molecule has 0 spiro atoms. The van der Waals surface area contributed by atoms with Crippen LogP contribution < -0.4 is 9.62 Å². The Kier molecular flexibility index (Phi) is 10.4. The summed E-state index contributed by atoms with van der Waals surface area (Å²) in [5.74, 6) is -0.477. The van der Waals surface area contributed by atoms with Gasteiger partial charge in [0.25, 0.3) is 0 Å². The largest absolute Gasteiger partial charge is 0.350 e. The minimum atomic E-state index is -3.53. The van der Waals surface area contributed by atoms with Crippen molar-refractivity contribution in [3.05, 3.63) is 64.7 Å². The van der Waals surface area contributed by atoms with Crippen LogP contribution in [0, 0.1) is 0 Å². The summed E-state index contributed by atoms with van der Waals surface area (Å²) in [7, 11) is -3.53. The number of rotatable bonds is 11. The van der Waals surface area contributed by atoms with Gasteiger partial charge >= 0.3 is 0 Å². The van der Waals surface area contributed by atoms with Gasteiger partial charge in [-0.15, -0.1) is 0 Å². The van der Waals surface area contributed by atoms with Gasteiger partial charge in [0.15, 0.2) is 0 Å². The molecule has 0 aliphatic carbocycles. The first-order chi connectivity index (χ1) is 16.7. The van der Waals surface area contributed by atoms with Crippen LogP contribution in [0.15, 0.2) is 48.5 Å². The van der Waals surface area contributed by atoms with Crippen molar-refractivity contribution in [1.29, 1.82) is 0 Å². The van der Waals surface area contributed by atoms with Crippen LogP contribution in [0.4, 0.5) is 5.69 Å². The number of nitrogens with one attached hydrogen (secondary N) is 1. The molecule has 0 aliphatic rings. The lowest BCUT2D eigenvalue weighted by molar-refractivity contribution is -0.141. The van der Waals surface area contributed by atoms with E-state index in [-0.39, 0.29) is 31.3 Å². The lowest BCUT2D eigenvalue weighted by atomic mass is 10.1. The van der Waals surface area contributed by atoms with Crippen molar-refractivity contribution in [3.63, 3.8) is 0 Å². The van der Waals surface area contributed by atoms with Gasteiger partial charge in [-0.05, 0) is 75.9 Å². The second-order valence-electron chi connectivity index (χ2n) is 10.0. The zero-order chi connectivity index (χ0) is 27.1. The van der Waals surface area contributed by atoms with Crippen LogP contribution in [-0.2, 0) is 32.6 Å². The molecule has 2 rings (SSSR count). The number of aryl methyl sites for hydroxylation is 1. The minimum Gasteiger partial charge on any atom is -0.350 e. The fourth-order valence-corrected chi connectivity index (χ4v) is 4.84. The van der Waals surface area contributed by atoms with Gasteiger partial charge in [-0.1, -0.05) is 42.8 Å². The van der Waals surface area contributed by atoms with Crippen LogP contribution in [-0.4, -0.2) is 49.5 Å². The van der Waals surface area contributed by atoms with Crippen LogP contribution in [0.3, 0.4) is 0 Å². The van der Waals surface area contributed by atoms with E-state index in [1.54, 1.807) is 31.2 Å². The Bertz CT molecular complexity index is 1130. The zero-order valence-corrected chi connectivity index (χ0v) is 23.6. The van der Waals surface area contributed by atoms with E-state index in [9.17, 15) is 18.0 Å². The molecule has 198 valence electrons. The number of sulfonamides is 1. The van der Waals surface area contributed by atoms with Gasteiger partial charge in [-0.25, -0.2) is 8.42 Å². The van der Waals surface area contributed by atoms with Gasteiger partial charge in [0.2, 0.25) is 21.8 Å². The van der Waals surface area contributed by atoms with Gasteiger partial charge in [-0.2, -0.15) is 0 Å². The minimum absolute atomic E-state index is 0.0970. The lowest BCUT2D eigenvalue weighted by Crippen LogP contribution is -2.52. The molecular weight excluding hydrogens is 498 g/mol. The molecule has 36 heavy (non-hydrogen) atoms. The molecule has 2 aromatic carbocycles. The molecule has 0 radical (unpaired) electrons. The highest BCUT2D eigenvalue weighted by Crippen LogP contribution is 2.20. The highest BCUT2D eigenvalue weighted by atomic mass is 35.5. The van der Waals surface area contributed by atoms with Crippen LogP contribution in [0.2, 0.25) is 5.02 Å². The lowest BCUT2D eigenvalue weighted by Gasteiger charge is -2.32. The maximum atomic E-state index is 13.3. The van der Waals surface area contributed by atoms with E-state index < -0.39 is 21.6 Å². The molecule has 1 N–H and O–H groups in total. The second-order valence-corrected chi connectivity index (χ2v) is 12.4. The van der Waals surface area contributed by atoms with Crippen molar-refractivity contribution in [2.45, 2.75) is 72.0 Å². The quantitative estimate of drug-likeness (QED) is 0.448. The Hall–Kier alpha value is -2.58. The Morgan fingerprint density at radius 2 is 1.56 bits per heavy atom. The highest BCUT2D eigenvalue weighted by molar-refractivity contribution is 7.92. The number of halogens is 1. The second kappa shape index (κ2) is 12.6. The van der Waals surface area contributed by atoms with Crippen molar-refractivity contribution in [2.24, 2.45) is 0 Å². The molecule has 0 saturated carbocycles. The SMILES string of the molecule is CCc1ccc(N(CCCC(=O)N(Cc2ccc(Cl)cc2)C(C)C(=O)NC(C)(C)C)S(C)(=O)=O)cc1. The average molecular weight is 536 g/mol. The number of benzene rings is 2. The smallest absolute Gasteiger partial charge is 0.242 e. The zero-order valence-electron chi connectivity index (χ0n) is 22.0. The van der Waals surface area contributed by atoms with E-state index in [0.29, 0.717) is 17.1 Å². The third-order valence-corrected chi connectivity index (χ3v) is 7.16. The summed E-state index contributed by atoms with van der Waals surface area (Å²) >= 11 is 6.00. The fourth-order valence-electron chi connectivity index (χ4n) is 3.74. The molecular formula is C27H38ClN3O4S. The molecule has 0 aliphatic heterocycles. The third-order valence-electron chi connectivity index (χ3n) is 5.72. The Morgan fingerprint density at radius 1 is 1.00 bits per heavy atom. The maximum Gasteiger partial charge on any atom is 0.242 e. The van der Waals surface area contributed by atoms with E-state index >= 15 is 0 Å². The van der Waals surface area contributed by atoms with Gasteiger partial charge in [0.05, 0.1) is 11.9 Å². The van der Waals surface area contributed by atoms with Crippen molar-refractivity contribution < 1.29 is 18.0 Å². The first-order valence-electron chi connectivity index (χ1n) is 12.1. The predicted molar refractivity (Wildman–Crippen MR) is 147 cm³/mol. The number of anilines is 1. The molecule has 2 amide bonds. The number of amides is 2. The summed E-state index contributed by atoms with van der Waals surface area (Å²) < 4.78 is 26.2. The Morgan fingerprint density at radius 3 is 2.06 bits per heavy atom. The van der Waals surface area contributed by atoms with E-state index in [1.165, 1.54) is 9.21 Å². The van der Waals surface area contributed by atoms with Crippen molar-refractivity contribution >= 4 is 39.1 Å². The number of hydrogen-bond acceptors (Lipinski definition) is 4. The van der Waals surface area contributed by atoms with E-state index in [1.807, 2.05) is 52.0 Å². The monoisotopic (exact) mass is 535 g/mol. The number of carbonyl (C=O) groups is 2. The van der Waals surface area contributed by atoms with Gasteiger partial charge in [0, 0.05) is 30.1 Å². The summed E-state index contributed by atoms with van der Waals surface area (Å²) in [6.07, 6.45) is 2.43. The molecule has 0 bridgehead atoms. The number of carbonyl (C=O) groups excluding carboxylic acids is 2. The molecule has 0 saturated heterocycles. The molecule has 0 fully saturated rings. The molecule has 0 heterocycles. The van der Waals surface area contributed by atoms with Gasteiger partial charge in [-0.3, -0.25) is 13.9 Å². The maximum absolute atomic E-state index is 13.3. The summed E-state index contributed by atoms with van der Waals surface area (Å²) in [6, 6.07) is 13.8. The van der Waals surface area contributed by atoms with Crippen molar-refractivity contribution in [1.82, 2.24) is 10.2 Å². The Labute approximate surface area is 220 Å². The first kappa shape index (κ1) is 29.6.